The molecule has 2 N–H and O–H groups in total. The lowest BCUT2D eigenvalue weighted by Gasteiger charge is -2.28. The maximum Gasteiger partial charge on any atom is 0.338 e. The van der Waals surface area contributed by atoms with E-state index in [1.165, 1.54) is 0 Å². The lowest BCUT2D eigenvalue weighted by Crippen LogP contribution is -2.57. The van der Waals surface area contributed by atoms with Crippen LogP contribution in [0.5, 0.6) is 0 Å². The number of esters is 2. The van der Waals surface area contributed by atoms with Gasteiger partial charge in [0.2, 0.25) is 5.54 Å². The number of hydrogen-bond acceptors (Lipinski definition) is 5. The largest absolute Gasteiger partial charge is 0.467 e. The predicted octanol–water partition coefficient (Wildman–Crippen LogP) is 1.37. The zero-order chi connectivity index (χ0) is 14.6. The Morgan fingerprint density at radius 2 is 1.72 bits per heavy atom. The second kappa shape index (κ2) is 5.90. The molecule has 0 bridgehead atoms. The minimum Gasteiger partial charge on any atom is -0.467 e. The number of carbonyl (C=O) groups excluding carboxylic acids is 2. The van der Waals surface area contributed by atoms with Crippen LogP contribution in [0, 0.1) is 0 Å². The molecule has 0 saturated carbocycles. The SMILES string of the molecule is COC(=O)[C@@](N)(CC=C(F)F)C(=O)OC(C)(C)C. The van der Waals surface area contributed by atoms with E-state index in [-0.39, 0.29) is 0 Å². The molecule has 0 aromatic rings. The van der Waals surface area contributed by atoms with E-state index in [0.29, 0.717) is 6.08 Å². The van der Waals surface area contributed by atoms with E-state index in [1.54, 1.807) is 20.8 Å². The molecule has 1 atom stereocenters. The fourth-order valence-electron chi connectivity index (χ4n) is 1.04. The van der Waals surface area contributed by atoms with Gasteiger partial charge in [-0.2, -0.15) is 8.78 Å². The molecule has 0 fully saturated rings. The average molecular weight is 265 g/mol. The van der Waals surface area contributed by atoms with Crippen molar-refractivity contribution in [2.75, 3.05) is 7.11 Å². The number of ether oxygens (including phenoxy) is 2. The van der Waals surface area contributed by atoms with Crippen LogP contribution < -0.4 is 5.73 Å². The van der Waals surface area contributed by atoms with Crippen LogP contribution in [-0.4, -0.2) is 30.2 Å². The van der Waals surface area contributed by atoms with Crippen LogP contribution in [0.2, 0.25) is 0 Å². The molecule has 0 aromatic heterocycles. The Labute approximate surface area is 104 Å². The van der Waals surface area contributed by atoms with Gasteiger partial charge in [-0.05, 0) is 26.8 Å². The van der Waals surface area contributed by atoms with Gasteiger partial charge in [-0.15, -0.1) is 0 Å². The van der Waals surface area contributed by atoms with Crippen molar-refractivity contribution in [2.24, 2.45) is 5.73 Å². The summed E-state index contributed by atoms with van der Waals surface area (Å²) in [4.78, 5) is 23.2. The number of hydrogen-bond donors (Lipinski definition) is 1. The lowest BCUT2D eigenvalue weighted by molar-refractivity contribution is -0.170. The van der Waals surface area contributed by atoms with E-state index in [2.05, 4.69) is 4.74 Å². The summed E-state index contributed by atoms with van der Waals surface area (Å²) in [6.07, 6.45) is -2.37. The van der Waals surface area contributed by atoms with Gasteiger partial charge in [0.05, 0.1) is 7.11 Å². The van der Waals surface area contributed by atoms with Crippen molar-refractivity contribution in [3.8, 4) is 0 Å². The monoisotopic (exact) mass is 265 g/mol. The Bertz CT molecular complexity index is 359. The van der Waals surface area contributed by atoms with Gasteiger partial charge in [0, 0.05) is 6.42 Å². The zero-order valence-corrected chi connectivity index (χ0v) is 10.8. The molecule has 0 aliphatic rings. The van der Waals surface area contributed by atoms with Crippen molar-refractivity contribution in [1.82, 2.24) is 0 Å². The van der Waals surface area contributed by atoms with Crippen LogP contribution in [-0.2, 0) is 19.1 Å². The molecule has 104 valence electrons. The minimum absolute atomic E-state index is 0.376. The summed E-state index contributed by atoms with van der Waals surface area (Å²) in [5.74, 6) is -2.24. The second-order valence-corrected chi connectivity index (χ2v) is 4.66. The molecule has 0 radical (unpaired) electrons. The molecular weight excluding hydrogens is 248 g/mol. The molecule has 5 nitrogen and oxygen atoms in total. The quantitative estimate of drug-likeness (QED) is 0.613. The first-order valence-corrected chi connectivity index (χ1v) is 5.15. The van der Waals surface area contributed by atoms with Crippen molar-refractivity contribution in [1.29, 1.82) is 0 Å². The van der Waals surface area contributed by atoms with Crippen LogP contribution in [0.3, 0.4) is 0 Å². The predicted molar refractivity (Wildman–Crippen MR) is 59.7 cm³/mol. The molecule has 18 heavy (non-hydrogen) atoms. The van der Waals surface area contributed by atoms with Crippen molar-refractivity contribution in [3.05, 3.63) is 12.2 Å². The van der Waals surface area contributed by atoms with Crippen LogP contribution in [0.1, 0.15) is 27.2 Å². The molecule has 0 aliphatic heterocycles. The lowest BCUT2D eigenvalue weighted by atomic mass is 9.96. The van der Waals surface area contributed by atoms with Gasteiger partial charge in [-0.1, -0.05) is 0 Å². The van der Waals surface area contributed by atoms with Crippen molar-refractivity contribution in [2.45, 2.75) is 38.3 Å². The van der Waals surface area contributed by atoms with Gasteiger partial charge in [0.1, 0.15) is 5.60 Å². The molecule has 0 unspecified atom stereocenters. The first-order chi connectivity index (χ1) is 8.03. The summed E-state index contributed by atoms with van der Waals surface area (Å²) in [7, 11) is 1.00. The average Bonchev–Trinajstić information content (AvgIpc) is 2.22. The summed E-state index contributed by atoms with van der Waals surface area (Å²) in [5, 5.41) is 0. The smallest absolute Gasteiger partial charge is 0.338 e. The number of methoxy groups -OCH3 is 1. The van der Waals surface area contributed by atoms with Gasteiger partial charge < -0.3 is 15.2 Å². The third-order valence-electron chi connectivity index (χ3n) is 1.89. The molecule has 7 heteroatoms. The van der Waals surface area contributed by atoms with Crippen LogP contribution in [0.25, 0.3) is 0 Å². The number of halogens is 2. The van der Waals surface area contributed by atoms with Gasteiger partial charge in [-0.25, -0.2) is 9.59 Å². The van der Waals surface area contributed by atoms with E-state index < -0.39 is 35.6 Å². The maximum absolute atomic E-state index is 12.0. The Morgan fingerprint density at radius 1 is 1.22 bits per heavy atom. The van der Waals surface area contributed by atoms with E-state index in [9.17, 15) is 18.4 Å². The van der Waals surface area contributed by atoms with Crippen LogP contribution >= 0.6 is 0 Å². The van der Waals surface area contributed by atoms with Gasteiger partial charge in [-0.3, -0.25) is 0 Å². The van der Waals surface area contributed by atoms with Gasteiger partial charge in [0.25, 0.3) is 6.08 Å². The normalized spacial score (nSPS) is 14.4. The maximum atomic E-state index is 12.0. The Hall–Kier alpha value is -1.50. The molecular formula is C11H17F2NO4. The van der Waals surface area contributed by atoms with Gasteiger partial charge >= 0.3 is 11.9 Å². The third kappa shape index (κ3) is 4.79. The molecule has 0 spiro atoms. The van der Waals surface area contributed by atoms with Gasteiger partial charge in [0.15, 0.2) is 0 Å². The van der Waals surface area contributed by atoms with E-state index >= 15 is 0 Å². The fraction of sp³-hybridized carbons (Fsp3) is 0.636. The first kappa shape index (κ1) is 16.5. The zero-order valence-electron chi connectivity index (χ0n) is 10.8. The Morgan fingerprint density at radius 3 is 2.06 bits per heavy atom. The van der Waals surface area contributed by atoms with Crippen molar-refractivity contribution >= 4 is 11.9 Å². The van der Waals surface area contributed by atoms with Crippen LogP contribution in [0.4, 0.5) is 8.78 Å². The summed E-state index contributed by atoms with van der Waals surface area (Å²) >= 11 is 0. The Kier molecular flexibility index (Phi) is 5.41. The number of nitrogens with two attached hydrogens (primary N) is 1. The van der Waals surface area contributed by atoms with E-state index in [0.717, 1.165) is 7.11 Å². The molecule has 0 aromatic carbocycles. The van der Waals surface area contributed by atoms with Crippen molar-refractivity contribution < 1.29 is 27.8 Å². The summed E-state index contributed by atoms with van der Waals surface area (Å²) < 4.78 is 33.3. The topological polar surface area (TPSA) is 78.6 Å². The highest BCUT2D eigenvalue weighted by Crippen LogP contribution is 2.19. The summed E-state index contributed by atoms with van der Waals surface area (Å²) in [6, 6.07) is 0. The highest BCUT2D eigenvalue weighted by atomic mass is 19.3. The second-order valence-electron chi connectivity index (χ2n) is 4.66. The van der Waals surface area contributed by atoms with Crippen molar-refractivity contribution in [3.63, 3.8) is 0 Å². The third-order valence-corrected chi connectivity index (χ3v) is 1.89. The minimum atomic E-state index is -2.27. The molecule has 0 aliphatic carbocycles. The molecule has 0 saturated heterocycles. The number of carbonyl (C=O) groups is 2. The summed E-state index contributed by atoms with van der Waals surface area (Å²) in [6.45, 7) is 4.69. The molecule has 0 rings (SSSR count). The van der Waals surface area contributed by atoms with E-state index in [4.69, 9.17) is 10.5 Å². The number of rotatable bonds is 4. The Balaban J connectivity index is 5.16. The first-order valence-electron chi connectivity index (χ1n) is 5.15. The standard InChI is InChI=1S/C11H17F2NO4/c1-10(2,3)18-9(16)11(14,8(15)17-4)6-5-7(12)13/h5H,6,14H2,1-4H3/t11-/m0/s1. The van der Waals surface area contributed by atoms with E-state index in [1.807, 2.05) is 0 Å². The molecule has 0 heterocycles. The fourth-order valence-corrected chi connectivity index (χ4v) is 1.04. The molecule has 0 amide bonds. The highest BCUT2D eigenvalue weighted by Gasteiger charge is 2.45. The van der Waals surface area contributed by atoms with Crippen LogP contribution in [0.15, 0.2) is 12.2 Å². The summed E-state index contributed by atoms with van der Waals surface area (Å²) in [5.41, 5.74) is 2.36. The highest BCUT2D eigenvalue weighted by molar-refractivity contribution is 6.05.